The maximum absolute atomic E-state index is 10.5. The van der Waals surface area contributed by atoms with Gasteiger partial charge in [0.05, 0.1) is 6.61 Å². The van der Waals surface area contributed by atoms with Gasteiger partial charge in [-0.3, -0.25) is 0 Å². The Morgan fingerprint density at radius 1 is 1.36 bits per heavy atom. The third-order valence-corrected chi connectivity index (χ3v) is 1.74. The van der Waals surface area contributed by atoms with Crippen molar-refractivity contribution in [3.63, 3.8) is 0 Å². The third kappa shape index (κ3) is 2.95. The highest BCUT2D eigenvalue weighted by atomic mass is 16.8. The van der Waals surface area contributed by atoms with Gasteiger partial charge in [0, 0.05) is 12.1 Å². The molecule has 0 aliphatic carbocycles. The van der Waals surface area contributed by atoms with E-state index in [1.54, 1.807) is 6.07 Å². The Bertz CT molecular complexity index is 315. The Balaban J connectivity index is 2.39. The Morgan fingerprint density at radius 3 is 2.71 bits per heavy atom. The molecule has 76 valence electrons. The number of ether oxygens (including phenoxy) is 1. The van der Waals surface area contributed by atoms with E-state index in [4.69, 9.17) is 5.73 Å². The Kier molecular flexibility index (Phi) is 3.75. The number of hydrogen-bond acceptors (Lipinski definition) is 5. The number of anilines is 1. The van der Waals surface area contributed by atoms with Gasteiger partial charge in [-0.15, -0.1) is 0 Å². The van der Waals surface area contributed by atoms with Crippen LogP contribution in [0.4, 0.5) is 10.5 Å². The van der Waals surface area contributed by atoms with Crippen LogP contribution in [0.5, 0.6) is 0 Å². The van der Waals surface area contributed by atoms with E-state index in [1.165, 1.54) is 0 Å². The van der Waals surface area contributed by atoms with Crippen molar-refractivity contribution in [3.05, 3.63) is 29.8 Å². The van der Waals surface area contributed by atoms with E-state index >= 15 is 0 Å². The van der Waals surface area contributed by atoms with Crippen LogP contribution in [0.25, 0.3) is 0 Å². The molecule has 0 saturated heterocycles. The highest BCUT2D eigenvalue weighted by Gasteiger charge is 2.02. The maximum Gasteiger partial charge on any atom is 0.527 e. The van der Waals surface area contributed by atoms with Gasteiger partial charge in [0.25, 0.3) is 0 Å². The van der Waals surface area contributed by atoms with Crippen molar-refractivity contribution in [1.82, 2.24) is 0 Å². The highest BCUT2D eigenvalue weighted by molar-refractivity contribution is 5.59. The molecular formula is C9H12N2O3. The van der Waals surface area contributed by atoms with E-state index in [-0.39, 0.29) is 6.61 Å². The van der Waals surface area contributed by atoms with Crippen LogP contribution in [0.1, 0.15) is 5.56 Å². The van der Waals surface area contributed by atoms with Crippen LogP contribution in [0.2, 0.25) is 0 Å². The zero-order chi connectivity index (χ0) is 10.4. The number of rotatable bonds is 3. The summed E-state index contributed by atoms with van der Waals surface area (Å²) >= 11 is 0. The molecule has 0 aliphatic heterocycles. The van der Waals surface area contributed by atoms with Crippen molar-refractivity contribution < 1.29 is 14.4 Å². The van der Waals surface area contributed by atoms with Crippen LogP contribution in [0.3, 0.4) is 0 Å². The summed E-state index contributed by atoms with van der Waals surface area (Å²) in [5.41, 5.74) is 7.28. The smallest absolute Gasteiger partial charge is 0.433 e. The average molecular weight is 196 g/mol. The summed E-state index contributed by atoms with van der Waals surface area (Å²) in [5.74, 6) is 4.58. The monoisotopic (exact) mass is 196 g/mol. The molecule has 0 amide bonds. The van der Waals surface area contributed by atoms with Crippen LogP contribution < -0.4 is 11.6 Å². The van der Waals surface area contributed by atoms with E-state index < -0.39 is 6.16 Å². The molecule has 5 nitrogen and oxygen atoms in total. The zero-order valence-electron chi connectivity index (χ0n) is 7.60. The first-order valence-corrected chi connectivity index (χ1v) is 4.11. The van der Waals surface area contributed by atoms with Crippen molar-refractivity contribution in [2.24, 2.45) is 5.90 Å². The predicted molar refractivity (Wildman–Crippen MR) is 51.2 cm³/mol. The molecule has 0 aliphatic rings. The molecule has 0 bridgehead atoms. The van der Waals surface area contributed by atoms with E-state index in [0.717, 1.165) is 5.56 Å². The molecular weight excluding hydrogens is 184 g/mol. The summed E-state index contributed by atoms with van der Waals surface area (Å²) in [6, 6.07) is 7.36. The minimum Gasteiger partial charge on any atom is -0.433 e. The number of nitrogen functional groups attached to an aromatic ring is 1. The fourth-order valence-electron chi connectivity index (χ4n) is 1.04. The van der Waals surface area contributed by atoms with Gasteiger partial charge in [-0.25, -0.2) is 4.79 Å². The summed E-state index contributed by atoms with van der Waals surface area (Å²) in [7, 11) is 0. The summed E-state index contributed by atoms with van der Waals surface area (Å²) in [6.45, 7) is 0.199. The lowest BCUT2D eigenvalue weighted by atomic mass is 10.1. The van der Waals surface area contributed by atoms with Gasteiger partial charge in [-0.1, -0.05) is 18.2 Å². The van der Waals surface area contributed by atoms with E-state index in [2.05, 4.69) is 15.5 Å². The lowest BCUT2D eigenvalue weighted by Crippen LogP contribution is -2.13. The molecule has 0 fully saturated rings. The molecule has 0 heterocycles. The lowest BCUT2D eigenvalue weighted by molar-refractivity contribution is 0.0560. The van der Waals surface area contributed by atoms with Gasteiger partial charge >= 0.3 is 6.16 Å². The normalized spacial score (nSPS) is 9.50. The van der Waals surface area contributed by atoms with Crippen LogP contribution in [0, 0.1) is 0 Å². The average Bonchev–Trinajstić information content (AvgIpc) is 2.20. The van der Waals surface area contributed by atoms with Gasteiger partial charge in [0.2, 0.25) is 0 Å². The first-order valence-electron chi connectivity index (χ1n) is 4.11. The minimum atomic E-state index is -0.889. The topological polar surface area (TPSA) is 87.6 Å². The summed E-state index contributed by atoms with van der Waals surface area (Å²) in [6.07, 6.45) is -0.346. The van der Waals surface area contributed by atoms with Crippen LogP contribution in [-0.4, -0.2) is 12.8 Å². The lowest BCUT2D eigenvalue weighted by Gasteiger charge is -2.05. The first-order chi connectivity index (χ1) is 6.74. The summed E-state index contributed by atoms with van der Waals surface area (Å²) in [4.78, 5) is 14.3. The molecule has 14 heavy (non-hydrogen) atoms. The van der Waals surface area contributed by atoms with Gasteiger partial charge in [-0.05, 0) is 11.6 Å². The Hall–Kier alpha value is -1.75. The molecule has 0 spiro atoms. The van der Waals surface area contributed by atoms with Crippen LogP contribution in [-0.2, 0) is 16.0 Å². The summed E-state index contributed by atoms with van der Waals surface area (Å²) in [5, 5.41) is 0. The van der Waals surface area contributed by atoms with Crippen LogP contribution >= 0.6 is 0 Å². The number of para-hydroxylation sites is 1. The molecule has 1 aromatic carbocycles. The molecule has 5 heteroatoms. The molecule has 1 rings (SSSR count). The SMILES string of the molecule is NOC(=O)OCCc1ccccc1N. The molecule has 0 aromatic heterocycles. The first kappa shape index (κ1) is 10.3. The number of carbonyl (C=O) groups excluding carboxylic acids is 1. The molecule has 0 atom stereocenters. The van der Waals surface area contributed by atoms with E-state index in [0.29, 0.717) is 12.1 Å². The Labute approximate surface area is 81.5 Å². The van der Waals surface area contributed by atoms with Gasteiger partial charge in [0.1, 0.15) is 0 Å². The predicted octanol–water partition coefficient (Wildman–Crippen LogP) is 0.838. The second-order valence-electron chi connectivity index (χ2n) is 2.67. The zero-order valence-corrected chi connectivity index (χ0v) is 7.60. The maximum atomic E-state index is 10.5. The second kappa shape index (κ2) is 5.08. The molecule has 0 radical (unpaired) electrons. The van der Waals surface area contributed by atoms with Crippen molar-refractivity contribution in [2.75, 3.05) is 12.3 Å². The van der Waals surface area contributed by atoms with Gasteiger partial charge in [-0.2, -0.15) is 5.90 Å². The molecule has 0 unspecified atom stereocenters. The highest BCUT2D eigenvalue weighted by Crippen LogP contribution is 2.10. The number of carbonyl (C=O) groups is 1. The standard InChI is InChI=1S/C9H12N2O3/c10-8-4-2-1-3-7(8)5-6-13-9(12)14-11/h1-4H,5-6,10-11H2. The van der Waals surface area contributed by atoms with Crippen molar-refractivity contribution >= 4 is 11.8 Å². The van der Waals surface area contributed by atoms with Crippen LogP contribution in [0.15, 0.2) is 24.3 Å². The van der Waals surface area contributed by atoms with Crippen molar-refractivity contribution in [3.8, 4) is 0 Å². The molecule has 0 saturated carbocycles. The minimum absolute atomic E-state index is 0.199. The number of hydrogen-bond donors (Lipinski definition) is 2. The molecule has 1 aromatic rings. The third-order valence-electron chi connectivity index (χ3n) is 1.74. The number of nitrogens with two attached hydrogens (primary N) is 2. The largest absolute Gasteiger partial charge is 0.527 e. The van der Waals surface area contributed by atoms with Crippen molar-refractivity contribution in [2.45, 2.75) is 6.42 Å². The van der Waals surface area contributed by atoms with Gasteiger partial charge < -0.3 is 15.3 Å². The number of benzene rings is 1. The Morgan fingerprint density at radius 2 is 2.07 bits per heavy atom. The summed E-state index contributed by atoms with van der Waals surface area (Å²) < 4.78 is 4.61. The molecule has 4 N–H and O–H groups in total. The van der Waals surface area contributed by atoms with Crippen molar-refractivity contribution in [1.29, 1.82) is 0 Å². The fourth-order valence-corrected chi connectivity index (χ4v) is 1.04. The quantitative estimate of drug-likeness (QED) is 0.425. The van der Waals surface area contributed by atoms with E-state index in [1.807, 2.05) is 18.2 Å². The van der Waals surface area contributed by atoms with E-state index in [9.17, 15) is 4.79 Å². The second-order valence-corrected chi connectivity index (χ2v) is 2.67. The van der Waals surface area contributed by atoms with Gasteiger partial charge in [0.15, 0.2) is 0 Å². The fraction of sp³-hybridized carbons (Fsp3) is 0.222.